The molecule has 3 rings (SSSR count). The number of nitrogens with zero attached hydrogens (tertiary/aromatic N) is 1. The molecule has 1 amide bonds. The third-order valence-electron chi connectivity index (χ3n) is 3.74. The van der Waals surface area contributed by atoms with Gasteiger partial charge in [0, 0.05) is 35.8 Å². The molecule has 2 heterocycles. The van der Waals surface area contributed by atoms with Crippen molar-refractivity contribution >= 4 is 27.2 Å². The smallest absolute Gasteiger partial charge is 0.256 e. The minimum atomic E-state index is -3.69. The van der Waals surface area contributed by atoms with Crippen LogP contribution in [0.4, 0.5) is 5.69 Å². The van der Waals surface area contributed by atoms with Crippen LogP contribution in [0.5, 0.6) is 0 Å². The summed E-state index contributed by atoms with van der Waals surface area (Å²) in [6.07, 6.45) is 3.23. The lowest BCUT2D eigenvalue weighted by Crippen LogP contribution is -2.23. The monoisotopic (exact) mass is 343 g/mol. The van der Waals surface area contributed by atoms with Crippen molar-refractivity contribution in [3.8, 4) is 0 Å². The number of hydrogen-bond acceptors (Lipinski definition) is 4. The molecule has 7 heteroatoms. The van der Waals surface area contributed by atoms with Gasteiger partial charge >= 0.3 is 0 Å². The zero-order chi connectivity index (χ0) is 17.3. The standard InChI is InChI=1S/C17H17N3O3S/c1-11(2)16-14-8-13(5-6-15(14)20-17(16)21)24(22,23)19-10-12-4-3-7-18-9-12/h3-9,19H,10H2,1-2H3,(H,20,21). The number of anilines is 1. The van der Waals surface area contributed by atoms with Crippen LogP contribution in [0.1, 0.15) is 25.0 Å². The van der Waals surface area contributed by atoms with Crippen molar-refractivity contribution < 1.29 is 13.2 Å². The summed E-state index contributed by atoms with van der Waals surface area (Å²) in [5.41, 5.74) is 3.37. The van der Waals surface area contributed by atoms with Crippen LogP contribution in [0.25, 0.3) is 5.57 Å². The highest BCUT2D eigenvalue weighted by molar-refractivity contribution is 7.89. The van der Waals surface area contributed by atoms with Crippen molar-refractivity contribution in [2.24, 2.45) is 0 Å². The maximum Gasteiger partial charge on any atom is 0.256 e. The van der Waals surface area contributed by atoms with Crippen LogP contribution in [-0.4, -0.2) is 19.3 Å². The van der Waals surface area contributed by atoms with E-state index in [9.17, 15) is 13.2 Å². The van der Waals surface area contributed by atoms with Crippen LogP contribution in [0.15, 0.2) is 53.2 Å². The first-order valence-electron chi connectivity index (χ1n) is 7.40. The van der Waals surface area contributed by atoms with Crippen molar-refractivity contribution in [2.75, 3.05) is 5.32 Å². The minimum absolute atomic E-state index is 0.125. The summed E-state index contributed by atoms with van der Waals surface area (Å²) >= 11 is 0. The fourth-order valence-electron chi connectivity index (χ4n) is 2.57. The van der Waals surface area contributed by atoms with E-state index in [1.54, 1.807) is 30.6 Å². The molecule has 0 unspecified atom stereocenters. The highest BCUT2D eigenvalue weighted by atomic mass is 32.2. The Morgan fingerprint density at radius 3 is 2.71 bits per heavy atom. The Kier molecular flexibility index (Phi) is 4.21. The lowest BCUT2D eigenvalue weighted by Gasteiger charge is -2.08. The molecule has 0 fully saturated rings. The van der Waals surface area contributed by atoms with Crippen molar-refractivity contribution in [3.05, 3.63) is 59.4 Å². The van der Waals surface area contributed by atoms with Gasteiger partial charge in [0.05, 0.1) is 4.90 Å². The maximum absolute atomic E-state index is 12.5. The SMILES string of the molecule is CC(C)=C1C(=O)Nc2ccc(S(=O)(=O)NCc3cccnc3)cc21. The number of carbonyl (C=O) groups is 1. The number of fused-ring (bicyclic) bond motifs is 1. The first-order valence-corrected chi connectivity index (χ1v) is 8.88. The van der Waals surface area contributed by atoms with E-state index in [-0.39, 0.29) is 17.3 Å². The van der Waals surface area contributed by atoms with Crippen LogP contribution in [0, 0.1) is 0 Å². The number of carbonyl (C=O) groups excluding carboxylic acids is 1. The molecule has 2 N–H and O–H groups in total. The van der Waals surface area contributed by atoms with E-state index in [0.29, 0.717) is 16.8 Å². The molecule has 124 valence electrons. The van der Waals surface area contributed by atoms with Gasteiger partial charge in [-0.05, 0) is 43.7 Å². The van der Waals surface area contributed by atoms with Crippen LogP contribution in [0.3, 0.4) is 0 Å². The number of rotatable bonds is 4. The molecular formula is C17H17N3O3S. The molecule has 6 nitrogen and oxygen atoms in total. The van der Waals surface area contributed by atoms with E-state index in [4.69, 9.17) is 0 Å². The quantitative estimate of drug-likeness (QED) is 0.834. The van der Waals surface area contributed by atoms with Crippen molar-refractivity contribution in [3.63, 3.8) is 0 Å². The second-order valence-electron chi connectivity index (χ2n) is 5.72. The number of pyridine rings is 1. The number of allylic oxidation sites excluding steroid dienone is 1. The highest BCUT2D eigenvalue weighted by Gasteiger charge is 2.27. The molecule has 2 aromatic rings. The second kappa shape index (κ2) is 6.18. The van der Waals surface area contributed by atoms with E-state index in [1.807, 2.05) is 13.8 Å². The summed E-state index contributed by atoms with van der Waals surface area (Å²) in [7, 11) is -3.69. The third-order valence-corrected chi connectivity index (χ3v) is 5.13. The van der Waals surface area contributed by atoms with Crippen molar-refractivity contribution in [1.82, 2.24) is 9.71 Å². The van der Waals surface area contributed by atoms with E-state index in [1.165, 1.54) is 12.1 Å². The van der Waals surface area contributed by atoms with Gasteiger partial charge in [-0.1, -0.05) is 11.6 Å². The minimum Gasteiger partial charge on any atom is -0.321 e. The van der Waals surface area contributed by atoms with Crippen molar-refractivity contribution in [2.45, 2.75) is 25.3 Å². The molecule has 24 heavy (non-hydrogen) atoms. The van der Waals surface area contributed by atoms with E-state index in [2.05, 4.69) is 15.0 Å². The van der Waals surface area contributed by atoms with Crippen LogP contribution in [0.2, 0.25) is 0 Å². The summed E-state index contributed by atoms with van der Waals surface area (Å²) < 4.78 is 27.6. The molecule has 1 aliphatic heterocycles. The van der Waals surface area contributed by atoms with Gasteiger partial charge in [0.15, 0.2) is 0 Å². The maximum atomic E-state index is 12.5. The van der Waals surface area contributed by atoms with Crippen molar-refractivity contribution in [1.29, 1.82) is 0 Å². The highest BCUT2D eigenvalue weighted by Crippen LogP contribution is 2.35. The predicted octanol–water partition coefficient (Wildman–Crippen LogP) is 2.31. The van der Waals surface area contributed by atoms with Gasteiger partial charge in [-0.2, -0.15) is 0 Å². The predicted molar refractivity (Wildman–Crippen MR) is 91.6 cm³/mol. The number of benzene rings is 1. The van der Waals surface area contributed by atoms with Gasteiger partial charge in [-0.15, -0.1) is 0 Å². The average Bonchev–Trinajstić information content (AvgIpc) is 2.89. The van der Waals surface area contributed by atoms with Crippen LogP contribution < -0.4 is 10.0 Å². The number of sulfonamides is 1. The molecule has 1 aliphatic rings. The van der Waals surface area contributed by atoms with Gasteiger partial charge in [-0.3, -0.25) is 9.78 Å². The lowest BCUT2D eigenvalue weighted by atomic mass is 10.0. The zero-order valence-corrected chi connectivity index (χ0v) is 14.1. The first-order chi connectivity index (χ1) is 11.4. The fraction of sp³-hybridized carbons (Fsp3) is 0.176. The van der Waals surface area contributed by atoms with Gasteiger partial charge in [0.25, 0.3) is 5.91 Å². The van der Waals surface area contributed by atoms with Gasteiger partial charge in [0.2, 0.25) is 10.0 Å². The Bertz CT molecular complexity index is 931. The van der Waals surface area contributed by atoms with E-state index < -0.39 is 10.0 Å². The van der Waals surface area contributed by atoms with Gasteiger partial charge in [-0.25, -0.2) is 13.1 Å². The molecule has 0 saturated heterocycles. The van der Waals surface area contributed by atoms with E-state index in [0.717, 1.165) is 11.1 Å². The second-order valence-corrected chi connectivity index (χ2v) is 7.49. The summed E-state index contributed by atoms with van der Waals surface area (Å²) in [4.78, 5) is 16.1. The summed E-state index contributed by atoms with van der Waals surface area (Å²) in [5, 5.41) is 2.75. The molecule has 0 saturated carbocycles. The lowest BCUT2D eigenvalue weighted by molar-refractivity contribution is -0.110. The Hall–Kier alpha value is -2.51. The topological polar surface area (TPSA) is 88.2 Å². The Labute approximate surface area is 140 Å². The molecule has 1 aromatic carbocycles. The van der Waals surface area contributed by atoms with Crippen LogP contribution in [-0.2, 0) is 21.4 Å². The number of aromatic nitrogens is 1. The molecular weight excluding hydrogens is 326 g/mol. The van der Waals surface area contributed by atoms with E-state index >= 15 is 0 Å². The Balaban J connectivity index is 1.91. The summed E-state index contributed by atoms with van der Waals surface area (Å²) in [6.45, 7) is 3.80. The van der Waals surface area contributed by atoms with Gasteiger partial charge in [0.1, 0.15) is 0 Å². The Morgan fingerprint density at radius 1 is 1.25 bits per heavy atom. The number of amides is 1. The fourth-order valence-corrected chi connectivity index (χ4v) is 3.62. The largest absolute Gasteiger partial charge is 0.321 e. The number of nitrogens with one attached hydrogen (secondary N) is 2. The molecule has 0 aliphatic carbocycles. The molecule has 0 radical (unpaired) electrons. The third kappa shape index (κ3) is 3.08. The Morgan fingerprint density at radius 2 is 2.04 bits per heavy atom. The number of hydrogen-bond donors (Lipinski definition) is 2. The van der Waals surface area contributed by atoms with Crippen LogP contribution >= 0.6 is 0 Å². The summed E-state index contributed by atoms with van der Waals surface area (Å²) in [6, 6.07) is 8.17. The molecule has 0 spiro atoms. The average molecular weight is 343 g/mol. The molecule has 1 aromatic heterocycles. The molecule has 0 atom stereocenters. The van der Waals surface area contributed by atoms with Gasteiger partial charge < -0.3 is 5.32 Å². The summed E-state index contributed by atoms with van der Waals surface area (Å²) in [5.74, 6) is -0.206. The normalized spacial score (nSPS) is 13.6. The first kappa shape index (κ1) is 16.4. The zero-order valence-electron chi connectivity index (χ0n) is 13.3. The molecule has 0 bridgehead atoms.